The number of hydrogen-bond acceptors (Lipinski definition) is 5. The van der Waals surface area contributed by atoms with Crippen LogP contribution in [-0.4, -0.2) is 77.2 Å². The van der Waals surface area contributed by atoms with Crippen LogP contribution in [-0.2, 0) is 15.9 Å². The Morgan fingerprint density at radius 3 is 2.93 bits per heavy atom. The number of likely N-dealkylation sites (tertiary alicyclic amines) is 1. The number of methoxy groups -OCH3 is 1. The zero-order valence-electron chi connectivity index (χ0n) is 17.8. The molecule has 2 aliphatic rings. The molecule has 30 heavy (non-hydrogen) atoms. The maximum Gasteiger partial charge on any atom is 0.193 e. The van der Waals surface area contributed by atoms with Gasteiger partial charge in [-0.05, 0) is 37.5 Å². The Labute approximate surface area is 201 Å². The van der Waals surface area contributed by atoms with Gasteiger partial charge in [0.25, 0.3) is 0 Å². The van der Waals surface area contributed by atoms with Crippen molar-refractivity contribution < 1.29 is 18.9 Å². The predicted molar refractivity (Wildman–Crippen MR) is 130 cm³/mol. The van der Waals surface area contributed by atoms with Gasteiger partial charge in [0, 0.05) is 39.2 Å². The highest BCUT2D eigenvalue weighted by atomic mass is 127. The Hall–Kier alpha value is -0.970. The lowest BCUT2D eigenvalue weighted by Gasteiger charge is -2.22. The van der Waals surface area contributed by atoms with Crippen molar-refractivity contribution in [2.45, 2.75) is 19.8 Å². The summed E-state index contributed by atoms with van der Waals surface area (Å²) in [6.45, 7) is 8.76. The highest BCUT2D eigenvalue weighted by Gasteiger charge is 2.25. The molecule has 170 valence electrons. The maximum absolute atomic E-state index is 6.34. The van der Waals surface area contributed by atoms with Crippen LogP contribution in [0.15, 0.2) is 17.1 Å². The Morgan fingerprint density at radius 1 is 1.30 bits per heavy atom. The van der Waals surface area contributed by atoms with Crippen molar-refractivity contribution in [2.75, 3.05) is 66.3 Å². The molecule has 2 heterocycles. The quantitative estimate of drug-likeness (QED) is 0.219. The van der Waals surface area contributed by atoms with E-state index in [1.165, 1.54) is 0 Å². The van der Waals surface area contributed by atoms with Gasteiger partial charge in [0.15, 0.2) is 17.5 Å². The van der Waals surface area contributed by atoms with Crippen LogP contribution in [0.25, 0.3) is 0 Å². The minimum atomic E-state index is 0. The zero-order valence-corrected chi connectivity index (χ0v) is 20.9. The first-order chi connectivity index (χ1) is 14.2. The van der Waals surface area contributed by atoms with E-state index in [1.807, 2.05) is 12.1 Å². The first-order valence-electron chi connectivity index (χ1n) is 10.4. The SMILES string of the molecule is CCNC(=NCCc1cc(Cl)c2c(c1)OCCO2)N1CCC(COCCOC)C1.I. The topological polar surface area (TPSA) is 64.6 Å². The minimum absolute atomic E-state index is 0. The van der Waals surface area contributed by atoms with Crippen molar-refractivity contribution in [3.8, 4) is 11.5 Å². The first-order valence-corrected chi connectivity index (χ1v) is 10.8. The van der Waals surface area contributed by atoms with Crippen LogP contribution in [0, 0.1) is 5.92 Å². The largest absolute Gasteiger partial charge is 0.486 e. The second kappa shape index (κ2) is 13.4. The zero-order chi connectivity index (χ0) is 20.5. The van der Waals surface area contributed by atoms with Gasteiger partial charge < -0.3 is 29.2 Å². The summed E-state index contributed by atoms with van der Waals surface area (Å²) in [5.41, 5.74) is 1.10. The third kappa shape index (κ3) is 7.32. The van der Waals surface area contributed by atoms with E-state index in [2.05, 4.69) is 17.1 Å². The van der Waals surface area contributed by atoms with Gasteiger partial charge in [0.1, 0.15) is 13.2 Å². The Kier molecular flexibility index (Phi) is 11.3. The van der Waals surface area contributed by atoms with Gasteiger partial charge in [-0.25, -0.2) is 0 Å². The van der Waals surface area contributed by atoms with Crippen LogP contribution in [0.1, 0.15) is 18.9 Å². The summed E-state index contributed by atoms with van der Waals surface area (Å²) in [4.78, 5) is 7.16. The molecule has 7 nitrogen and oxygen atoms in total. The molecular formula is C21H33ClIN3O4. The average Bonchev–Trinajstić information content (AvgIpc) is 3.19. The third-order valence-electron chi connectivity index (χ3n) is 5.02. The fourth-order valence-corrected chi connectivity index (χ4v) is 3.87. The van der Waals surface area contributed by atoms with Crippen LogP contribution in [0.5, 0.6) is 11.5 Å². The van der Waals surface area contributed by atoms with E-state index in [-0.39, 0.29) is 24.0 Å². The number of hydrogen-bond donors (Lipinski definition) is 1. The molecule has 1 atom stereocenters. The number of aliphatic imine (C=N–C) groups is 1. The highest BCUT2D eigenvalue weighted by molar-refractivity contribution is 14.0. The first kappa shape index (κ1) is 25.3. The van der Waals surface area contributed by atoms with Gasteiger partial charge in [-0.1, -0.05) is 11.6 Å². The normalized spacial score (nSPS) is 18.3. The summed E-state index contributed by atoms with van der Waals surface area (Å²) in [5, 5.41) is 4.01. The summed E-state index contributed by atoms with van der Waals surface area (Å²) in [5.74, 6) is 2.88. The molecule has 2 aliphatic heterocycles. The second-order valence-corrected chi connectivity index (χ2v) is 7.66. The number of fused-ring (bicyclic) bond motifs is 1. The molecule has 0 saturated carbocycles. The van der Waals surface area contributed by atoms with Gasteiger partial charge in [0.2, 0.25) is 0 Å². The van der Waals surface area contributed by atoms with Crippen molar-refractivity contribution in [3.05, 3.63) is 22.7 Å². The van der Waals surface area contributed by atoms with E-state index >= 15 is 0 Å². The van der Waals surface area contributed by atoms with Gasteiger partial charge in [-0.15, -0.1) is 24.0 Å². The fourth-order valence-electron chi connectivity index (χ4n) is 3.58. The molecule has 0 aliphatic carbocycles. The van der Waals surface area contributed by atoms with Crippen molar-refractivity contribution >= 4 is 41.5 Å². The number of benzene rings is 1. The van der Waals surface area contributed by atoms with Gasteiger partial charge in [-0.2, -0.15) is 0 Å². The molecule has 1 unspecified atom stereocenters. The van der Waals surface area contributed by atoms with Crippen LogP contribution >= 0.6 is 35.6 Å². The lowest BCUT2D eigenvalue weighted by atomic mass is 10.1. The van der Waals surface area contributed by atoms with E-state index in [4.69, 9.17) is 35.5 Å². The molecular weight excluding hydrogens is 521 g/mol. The van der Waals surface area contributed by atoms with E-state index in [0.29, 0.717) is 49.7 Å². The maximum atomic E-state index is 6.34. The number of guanidine groups is 1. The molecule has 0 bridgehead atoms. The lowest BCUT2D eigenvalue weighted by Crippen LogP contribution is -2.40. The van der Waals surface area contributed by atoms with Crippen LogP contribution in [0.2, 0.25) is 5.02 Å². The molecule has 0 radical (unpaired) electrons. The molecule has 0 aromatic heterocycles. The van der Waals surface area contributed by atoms with E-state index in [1.54, 1.807) is 7.11 Å². The lowest BCUT2D eigenvalue weighted by molar-refractivity contribution is 0.0536. The predicted octanol–water partition coefficient (Wildman–Crippen LogP) is 3.22. The number of nitrogens with zero attached hydrogens (tertiary/aromatic N) is 2. The molecule has 1 aromatic rings. The summed E-state index contributed by atoms with van der Waals surface area (Å²) in [6.07, 6.45) is 1.91. The Balaban J connectivity index is 0.00000320. The standard InChI is InChI=1S/C21H32ClN3O4.HI/c1-3-23-21(25-7-5-17(14-25)15-27-9-8-26-2)24-6-4-16-12-18(22)20-19(13-16)28-10-11-29-20;/h12-13,17H,3-11,14-15H2,1-2H3,(H,23,24);1H. The van der Waals surface area contributed by atoms with Crippen LogP contribution < -0.4 is 14.8 Å². The van der Waals surface area contributed by atoms with Crippen molar-refractivity contribution in [3.63, 3.8) is 0 Å². The van der Waals surface area contributed by atoms with E-state index < -0.39 is 0 Å². The summed E-state index contributed by atoms with van der Waals surface area (Å²) < 4.78 is 22.0. The molecule has 1 N–H and O–H groups in total. The number of rotatable bonds is 9. The summed E-state index contributed by atoms with van der Waals surface area (Å²) in [7, 11) is 1.69. The molecule has 1 saturated heterocycles. The molecule has 1 fully saturated rings. The van der Waals surface area contributed by atoms with Crippen molar-refractivity contribution in [2.24, 2.45) is 10.9 Å². The summed E-state index contributed by atoms with van der Waals surface area (Å²) >= 11 is 6.34. The summed E-state index contributed by atoms with van der Waals surface area (Å²) in [6, 6.07) is 3.95. The smallest absolute Gasteiger partial charge is 0.193 e. The number of ether oxygens (including phenoxy) is 4. The average molecular weight is 554 g/mol. The monoisotopic (exact) mass is 553 g/mol. The van der Waals surface area contributed by atoms with Crippen LogP contribution in [0.4, 0.5) is 0 Å². The highest BCUT2D eigenvalue weighted by Crippen LogP contribution is 2.38. The fraction of sp³-hybridized carbons (Fsp3) is 0.667. The molecule has 1 aromatic carbocycles. The Bertz CT molecular complexity index is 692. The third-order valence-corrected chi connectivity index (χ3v) is 5.31. The van der Waals surface area contributed by atoms with Crippen molar-refractivity contribution in [1.29, 1.82) is 0 Å². The molecule has 3 rings (SSSR count). The van der Waals surface area contributed by atoms with Gasteiger partial charge >= 0.3 is 0 Å². The van der Waals surface area contributed by atoms with Gasteiger partial charge in [0.05, 0.1) is 24.8 Å². The number of halogens is 2. The van der Waals surface area contributed by atoms with Gasteiger partial charge in [-0.3, -0.25) is 4.99 Å². The molecule has 0 amide bonds. The van der Waals surface area contributed by atoms with Crippen LogP contribution in [0.3, 0.4) is 0 Å². The minimum Gasteiger partial charge on any atom is -0.486 e. The molecule has 9 heteroatoms. The Morgan fingerprint density at radius 2 is 2.13 bits per heavy atom. The van der Waals surface area contributed by atoms with Crippen molar-refractivity contribution in [1.82, 2.24) is 10.2 Å². The van der Waals surface area contributed by atoms with E-state index in [0.717, 1.165) is 56.4 Å². The number of nitrogens with one attached hydrogen (secondary N) is 1. The second-order valence-electron chi connectivity index (χ2n) is 7.26. The van der Waals surface area contributed by atoms with E-state index in [9.17, 15) is 0 Å². The molecule has 0 spiro atoms.